The summed E-state index contributed by atoms with van der Waals surface area (Å²) in [5.74, 6) is 2.38. The van der Waals surface area contributed by atoms with Crippen molar-refractivity contribution in [1.29, 1.82) is 0 Å². The van der Waals surface area contributed by atoms with Crippen LogP contribution in [0, 0.1) is 5.92 Å². The molecule has 2 N–H and O–H groups in total. The highest BCUT2D eigenvalue weighted by atomic mass is 35.5. The van der Waals surface area contributed by atoms with Gasteiger partial charge in [-0.1, -0.05) is 42.0 Å². The van der Waals surface area contributed by atoms with Crippen molar-refractivity contribution in [2.75, 3.05) is 5.32 Å². The van der Waals surface area contributed by atoms with Gasteiger partial charge in [-0.2, -0.15) is 4.52 Å². The predicted octanol–water partition coefficient (Wildman–Crippen LogP) is 3.59. The van der Waals surface area contributed by atoms with Crippen LogP contribution in [0.4, 0.5) is 11.5 Å². The summed E-state index contributed by atoms with van der Waals surface area (Å²) in [7, 11) is 0. The van der Waals surface area contributed by atoms with Gasteiger partial charge in [0, 0.05) is 16.9 Å². The summed E-state index contributed by atoms with van der Waals surface area (Å²) in [6.07, 6.45) is 10.2. The van der Waals surface area contributed by atoms with Crippen molar-refractivity contribution in [3.63, 3.8) is 0 Å². The van der Waals surface area contributed by atoms with Crippen LogP contribution in [0.1, 0.15) is 5.82 Å². The molecule has 3 heterocycles. The molecular formula is C20H17ClN6O. The SMILES string of the molecule is Clc1cccc(Nc2ccc3nnc(COC4=CNC5C=CC=CC45)n3n2)c1. The van der Waals surface area contributed by atoms with E-state index in [1.54, 1.807) is 4.52 Å². The molecule has 0 saturated carbocycles. The Morgan fingerprint density at radius 3 is 3.00 bits per heavy atom. The van der Waals surface area contributed by atoms with Gasteiger partial charge in [-0.3, -0.25) is 0 Å². The summed E-state index contributed by atoms with van der Waals surface area (Å²) >= 11 is 6.04. The number of hydrogen-bond acceptors (Lipinski definition) is 6. The normalized spacial score (nSPS) is 20.0. The van der Waals surface area contributed by atoms with Crippen molar-refractivity contribution in [2.45, 2.75) is 12.6 Å². The minimum absolute atomic E-state index is 0.206. The molecule has 140 valence electrons. The van der Waals surface area contributed by atoms with Crippen molar-refractivity contribution < 1.29 is 4.74 Å². The second kappa shape index (κ2) is 7.01. The van der Waals surface area contributed by atoms with E-state index in [-0.39, 0.29) is 18.6 Å². The van der Waals surface area contributed by atoms with Crippen molar-refractivity contribution in [3.8, 4) is 0 Å². The number of nitrogens with one attached hydrogen (secondary N) is 2. The molecule has 3 aromatic rings. The zero-order valence-electron chi connectivity index (χ0n) is 14.8. The highest BCUT2D eigenvalue weighted by molar-refractivity contribution is 6.30. The van der Waals surface area contributed by atoms with Gasteiger partial charge in [0.1, 0.15) is 12.4 Å². The summed E-state index contributed by atoms with van der Waals surface area (Å²) < 4.78 is 7.70. The van der Waals surface area contributed by atoms with E-state index in [0.717, 1.165) is 11.4 Å². The van der Waals surface area contributed by atoms with Crippen molar-refractivity contribution in [1.82, 2.24) is 25.1 Å². The second-order valence-corrected chi connectivity index (χ2v) is 7.00. The Bertz CT molecular complexity index is 1120. The molecule has 0 saturated heterocycles. The zero-order valence-corrected chi connectivity index (χ0v) is 15.5. The standard InChI is InChI=1S/C20H17ClN6O/c21-13-4-3-5-14(10-13)23-18-8-9-19-24-25-20(27(19)26-18)12-28-17-11-22-16-7-2-1-6-15(16)17/h1-11,15-16,22H,12H2,(H,23,26). The first-order chi connectivity index (χ1) is 13.8. The Morgan fingerprint density at radius 2 is 2.07 bits per heavy atom. The number of benzene rings is 1. The molecule has 2 atom stereocenters. The lowest BCUT2D eigenvalue weighted by atomic mass is 9.96. The number of hydrogen-bond donors (Lipinski definition) is 2. The maximum absolute atomic E-state index is 6.04. The average molecular weight is 393 g/mol. The van der Waals surface area contributed by atoms with Crippen LogP contribution in [0.15, 0.2) is 72.7 Å². The third kappa shape index (κ3) is 3.20. The molecule has 1 aliphatic heterocycles. The molecule has 2 unspecified atom stereocenters. The van der Waals surface area contributed by atoms with E-state index in [4.69, 9.17) is 16.3 Å². The number of ether oxygens (including phenoxy) is 1. The van der Waals surface area contributed by atoms with Crippen molar-refractivity contribution >= 4 is 28.8 Å². The summed E-state index contributed by atoms with van der Waals surface area (Å²) in [5.41, 5.74) is 1.52. The van der Waals surface area contributed by atoms with E-state index in [9.17, 15) is 0 Å². The van der Waals surface area contributed by atoms with Crippen LogP contribution in [0.5, 0.6) is 0 Å². The van der Waals surface area contributed by atoms with E-state index in [1.165, 1.54) is 0 Å². The summed E-state index contributed by atoms with van der Waals surface area (Å²) in [6, 6.07) is 11.4. The first-order valence-electron chi connectivity index (χ1n) is 8.94. The number of anilines is 2. The topological polar surface area (TPSA) is 76.4 Å². The third-order valence-corrected chi connectivity index (χ3v) is 4.91. The van der Waals surface area contributed by atoms with Crippen LogP contribution in [-0.2, 0) is 11.3 Å². The number of halogens is 1. The molecule has 28 heavy (non-hydrogen) atoms. The highest BCUT2D eigenvalue weighted by Gasteiger charge is 2.28. The van der Waals surface area contributed by atoms with Crippen molar-refractivity contribution in [3.05, 3.63) is 83.5 Å². The Morgan fingerprint density at radius 1 is 1.14 bits per heavy atom. The molecule has 2 aromatic heterocycles. The molecule has 1 aromatic carbocycles. The Hall–Kier alpha value is -3.32. The summed E-state index contributed by atoms with van der Waals surface area (Å²) in [5, 5.41) is 20.2. The number of nitrogens with zero attached hydrogens (tertiary/aromatic N) is 4. The molecule has 2 aliphatic rings. The largest absolute Gasteiger partial charge is 0.488 e. The molecule has 8 heteroatoms. The minimum atomic E-state index is 0.206. The Kier molecular flexibility index (Phi) is 4.21. The number of aromatic nitrogens is 4. The van der Waals surface area contributed by atoms with E-state index in [0.29, 0.717) is 22.3 Å². The van der Waals surface area contributed by atoms with Crippen LogP contribution >= 0.6 is 11.6 Å². The first-order valence-corrected chi connectivity index (χ1v) is 9.32. The monoisotopic (exact) mass is 392 g/mol. The molecule has 7 nitrogen and oxygen atoms in total. The van der Waals surface area contributed by atoms with Gasteiger partial charge in [0.15, 0.2) is 17.3 Å². The summed E-state index contributed by atoms with van der Waals surface area (Å²) in [4.78, 5) is 0. The van der Waals surface area contributed by atoms with Gasteiger partial charge in [-0.15, -0.1) is 15.3 Å². The molecular weight excluding hydrogens is 376 g/mol. The number of rotatable bonds is 5. The number of allylic oxidation sites excluding steroid dienone is 2. The van der Waals surface area contributed by atoms with Gasteiger partial charge in [0.2, 0.25) is 0 Å². The molecule has 0 spiro atoms. The van der Waals surface area contributed by atoms with Crippen LogP contribution in [-0.4, -0.2) is 25.9 Å². The summed E-state index contributed by atoms with van der Waals surface area (Å²) in [6.45, 7) is 0.281. The number of fused-ring (bicyclic) bond motifs is 2. The van der Waals surface area contributed by atoms with E-state index in [1.807, 2.05) is 54.8 Å². The first kappa shape index (κ1) is 16.8. The maximum Gasteiger partial charge on any atom is 0.192 e. The van der Waals surface area contributed by atoms with Gasteiger partial charge in [0.05, 0.1) is 12.0 Å². The Labute approximate surface area is 166 Å². The van der Waals surface area contributed by atoms with Crippen LogP contribution in [0.25, 0.3) is 5.65 Å². The second-order valence-electron chi connectivity index (χ2n) is 6.56. The fourth-order valence-electron chi connectivity index (χ4n) is 3.30. The molecule has 0 bridgehead atoms. The van der Waals surface area contributed by atoms with E-state index < -0.39 is 0 Å². The smallest absolute Gasteiger partial charge is 0.192 e. The van der Waals surface area contributed by atoms with Gasteiger partial charge < -0.3 is 15.4 Å². The Balaban J connectivity index is 1.34. The lowest BCUT2D eigenvalue weighted by Gasteiger charge is -2.18. The van der Waals surface area contributed by atoms with E-state index >= 15 is 0 Å². The van der Waals surface area contributed by atoms with Crippen LogP contribution in [0.3, 0.4) is 0 Å². The molecule has 1 aliphatic carbocycles. The van der Waals surface area contributed by atoms with Gasteiger partial charge in [-0.25, -0.2) is 0 Å². The maximum atomic E-state index is 6.04. The van der Waals surface area contributed by atoms with Gasteiger partial charge in [-0.05, 0) is 30.3 Å². The van der Waals surface area contributed by atoms with Crippen LogP contribution in [0.2, 0.25) is 5.02 Å². The lowest BCUT2D eigenvalue weighted by Crippen LogP contribution is -2.25. The lowest BCUT2D eigenvalue weighted by molar-refractivity contribution is 0.169. The van der Waals surface area contributed by atoms with Gasteiger partial charge >= 0.3 is 0 Å². The molecule has 0 radical (unpaired) electrons. The third-order valence-electron chi connectivity index (χ3n) is 4.67. The molecule has 0 fully saturated rings. The zero-order chi connectivity index (χ0) is 18.9. The quantitative estimate of drug-likeness (QED) is 0.691. The fraction of sp³-hybridized carbons (Fsp3) is 0.150. The van der Waals surface area contributed by atoms with E-state index in [2.05, 4.69) is 38.1 Å². The molecule has 5 rings (SSSR count). The predicted molar refractivity (Wildman–Crippen MR) is 107 cm³/mol. The van der Waals surface area contributed by atoms with Gasteiger partial charge in [0.25, 0.3) is 0 Å². The van der Waals surface area contributed by atoms with Crippen molar-refractivity contribution in [2.24, 2.45) is 5.92 Å². The van der Waals surface area contributed by atoms with Crippen LogP contribution < -0.4 is 10.6 Å². The highest BCUT2D eigenvalue weighted by Crippen LogP contribution is 2.27. The average Bonchev–Trinajstić information content (AvgIpc) is 3.30. The molecule has 0 amide bonds. The fourth-order valence-corrected chi connectivity index (χ4v) is 3.49. The minimum Gasteiger partial charge on any atom is -0.488 e.